The van der Waals surface area contributed by atoms with Crippen LogP contribution in [-0.4, -0.2) is 36.1 Å². The van der Waals surface area contributed by atoms with Crippen LogP contribution in [0, 0.1) is 12.8 Å². The largest absolute Gasteiger partial charge is 0.496 e. The van der Waals surface area contributed by atoms with E-state index in [2.05, 4.69) is 50.2 Å². The first kappa shape index (κ1) is 19.8. The molecule has 0 saturated carbocycles. The number of amides is 1. The molecule has 1 fully saturated rings. The summed E-state index contributed by atoms with van der Waals surface area (Å²) in [7, 11) is 1.64. The van der Waals surface area contributed by atoms with Crippen LogP contribution in [0.3, 0.4) is 0 Å². The maximum atomic E-state index is 12.8. The molecule has 1 atom stereocenters. The van der Waals surface area contributed by atoms with E-state index < -0.39 is 0 Å². The molecule has 0 radical (unpaired) electrons. The number of aromatic amines is 1. The number of carbonyl (C=O) groups excluding carboxylic acids is 1. The molecule has 1 saturated heterocycles. The van der Waals surface area contributed by atoms with E-state index in [1.54, 1.807) is 7.11 Å². The number of halogens is 1. The lowest BCUT2D eigenvalue weighted by molar-refractivity contribution is -0.125. The highest BCUT2D eigenvalue weighted by Gasteiger charge is 2.27. The molecular weight excluding hydrogens is 432 g/mol. The Hall–Kier alpha value is -2.54. The number of aryl methyl sites for hydroxylation is 1. The van der Waals surface area contributed by atoms with Crippen molar-refractivity contribution in [2.24, 2.45) is 5.92 Å². The molecule has 0 bridgehead atoms. The monoisotopic (exact) mass is 456 g/mol. The molecule has 2 aromatic carbocycles. The van der Waals surface area contributed by atoms with E-state index >= 15 is 0 Å². The molecule has 1 aromatic heterocycles. The van der Waals surface area contributed by atoms with Crippen molar-refractivity contribution in [2.45, 2.75) is 26.3 Å². The third-order valence-corrected chi connectivity index (χ3v) is 5.91. The van der Waals surface area contributed by atoms with Crippen LogP contribution in [0.4, 0.5) is 5.95 Å². The van der Waals surface area contributed by atoms with E-state index in [1.807, 2.05) is 24.3 Å². The summed E-state index contributed by atoms with van der Waals surface area (Å²) in [5.41, 5.74) is 4.15. The van der Waals surface area contributed by atoms with Gasteiger partial charge in [-0.3, -0.25) is 4.79 Å². The first-order valence-electron chi connectivity index (χ1n) is 9.85. The number of methoxy groups -OCH3 is 1. The van der Waals surface area contributed by atoms with Gasteiger partial charge in [0.2, 0.25) is 11.9 Å². The van der Waals surface area contributed by atoms with Crippen molar-refractivity contribution in [1.29, 1.82) is 0 Å². The Morgan fingerprint density at radius 2 is 2.21 bits per heavy atom. The fourth-order valence-corrected chi connectivity index (χ4v) is 4.26. The number of imidazole rings is 1. The Kier molecular flexibility index (Phi) is 5.76. The number of benzene rings is 2. The zero-order valence-electron chi connectivity index (χ0n) is 16.7. The summed E-state index contributed by atoms with van der Waals surface area (Å²) in [5.74, 6) is 1.63. The zero-order chi connectivity index (χ0) is 20.4. The Bertz CT molecular complexity index is 1030. The van der Waals surface area contributed by atoms with Crippen molar-refractivity contribution >= 4 is 38.8 Å². The minimum absolute atomic E-state index is 0.0585. The number of hydrogen-bond donors (Lipinski definition) is 2. The number of aromatic nitrogens is 2. The van der Waals surface area contributed by atoms with Gasteiger partial charge in [0.25, 0.3) is 0 Å². The second-order valence-electron chi connectivity index (χ2n) is 7.54. The van der Waals surface area contributed by atoms with E-state index in [0.717, 1.165) is 52.2 Å². The summed E-state index contributed by atoms with van der Waals surface area (Å²) in [6, 6.07) is 12.0. The van der Waals surface area contributed by atoms with Gasteiger partial charge in [0.1, 0.15) is 5.75 Å². The Morgan fingerprint density at radius 3 is 3.03 bits per heavy atom. The van der Waals surface area contributed by atoms with E-state index in [4.69, 9.17) is 9.72 Å². The van der Waals surface area contributed by atoms with E-state index in [9.17, 15) is 4.79 Å². The summed E-state index contributed by atoms with van der Waals surface area (Å²) in [4.78, 5) is 23.1. The van der Waals surface area contributed by atoms with Crippen LogP contribution >= 0.6 is 15.9 Å². The van der Waals surface area contributed by atoms with Gasteiger partial charge in [-0.2, -0.15) is 0 Å². The van der Waals surface area contributed by atoms with Crippen molar-refractivity contribution in [3.05, 3.63) is 52.0 Å². The number of carbonyl (C=O) groups is 1. The molecular formula is C22H25BrN4O2. The molecule has 1 aliphatic rings. The lowest BCUT2D eigenvalue weighted by atomic mass is 9.97. The first-order chi connectivity index (χ1) is 14.0. The smallest absolute Gasteiger partial charge is 0.225 e. The third kappa shape index (κ3) is 4.40. The van der Waals surface area contributed by atoms with Crippen molar-refractivity contribution < 1.29 is 9.53 Å². The summed E-state index contributed by atoms with van der Waals surface area (Å²) >= 11 is 3.48. The maximum Gasteiger partial charge on any atom is 0.225 e. The van der Waals surface area contributed by atoms with Crippen molar-refractivity contribution in [2.75, 3.05) is 25.1 Å². The number of H-pyrrole nitrogens is 1. The minimum Gasteiger partial charge on any atom is -0.496 e. The number of nitrogens with one attached hydrogen (secondary N) is 2. The van der Waals surface area contributed by atoms with Gasteiger partial charge in [0.15, 0.2) is 0 Å². The lowest BCUT2D eigenvalue weighted by Crippen LogP contribution is -2.43. The SMILES string of the molecule is COc1ccc(Br)cc1CNC(=O)C1CCCN(c2nc3ccc(C)cc3[nH]2)C1. The number of hydrogen-bond acceptors (Lipinski definition) is 4. The van der Waals surface area contributed by atoms with Crippen LogP contribution in [0.2, 0.25) is 0 Å². The second-order valence-corrected chi connectivity index (χ2v) is 8.46. The van der Waals surface area contributed by atoms with Crippen molar-refractivity contribution in [1.82, 2.24) is 15.3 Å². The topological polar surface area (TPSA) is 70.2 Å². The highest BCUT2D eigenvalue weighted by Crippen LogP contribution is 2.25. The molecule has 0 aliphatic carbocycles. The summed E-state index contributed by atoms with van der Waals surface area (Å²) in [6.07, 6.45) is 1.85. The predicted molar refractivity (Wildman–Crippen MR) is 118 cm³/mol. The van der Waals surface area contributed by atoms with Crippen molar-refractivity contribution in [3.8, 4) is 5.75 Å². The van der Waals surface area contributed by atoms with Gasteiger partial charge in [0, 0.05) is 29.7 Å². The summed E-state index contributed by atoms with van der Waals surface area (Å²) < 4.78 is 6.36. The molecule has 29 heavy (non-hydrogen) atoms. The number of fused-ring (bicyclic) bond motifs is 1. The van der Waals surface area contributed by atoms with Crippen LogP contribution in [-0.2, 0) is 11.3 Å². The molecule has 1 aliphatic heterocycles. The number of nitrogens with zero attached hydrogens (tertiary/aromatic N) is 2. The zero-order valence-corrected chi connectivity index (χ0v) is 18.3. The van der Waals surface area contributed by atoms with E-state index in [0.29, 0.717) is 13.1 Å². The minimum atomic E-state index is -0.0585. The number of rotatable bonds is 5. The van der Waals surface area contributed by atoms with E-state index in [1.165, 1.54) is 5.56 Å². The van der Waals surface area contributed by atoms with Gasteiger partial charge in [-0.1, -0.05) is 22.0 Å². The number of piperidine rings is 1. The quantitative estimate of drug-likeness (QED) is 0.604. The van der Waals surface area contributed by atoms with Crippen LogP contribution < -0.4 is 15.0 Å². The number of anilines is 1. The average molecular weight is 457 g/mol. The predicted octanol–water partition coefficient (Wildman–Crippen LogP) is 4.18. The Balaban J connectivity index is 1.42. The fourth-order valence-electron chi connectivity index (χ4n) is 3.86. The fraction of sp³-hybridized carbons (Fsp3) is 0.364. The third-order valence-electron chi connectivity index (χ3n) is 5.41. The maximum absolute atomic E-state index is 12.8. The molecule has 2 heterocycles. The Labute approximate surface area is 178 Å². The summed E-state index contributed by atoms with van der Waals surface area (Å²) in [6.45, 7) is 4.09. The molecule has 3 aromatic rings. The molecule has 2 N–H and O–H groups in total. The molecule has 7 heteroatoms. The van der Waals surface area contributed by atoms with Gasteiger partial charge in [-0.15, -0.1) is 0 Å². The van der Waals surface area contributed by atoms with Gasteiger partial charge in [0.05, 0.1) is 24.1 Å². The summed E-state index contributed by atoms with van der Waals surface area (Å²) in [5, 5.41) is 3.08. The Morgan fingerprint density at radius 1 is 1.34 bits per heavy atom. The molecule has 0 spiro atoms. The average Bonchev–Trinajstić information content (AvgIpc) is 3.15. The van der Waals surface area contributed by atoms with Crippen LogP contribution in [0.1, 0.15) is 24.0 Å². The van der Waals surface area contributed by atoms with Crippen LogP contribution in [0.25, 0.3) is 11.0 Å². The van der Waals surface area contributed by atoms with Gasteiger partial charge in [-0.25, -0.2) is 4.98 Å². The van der Waals surface area contributed by atoms with Gasteiger partial charge in [-0.05, 0) is 55.7 Å². The molecule has 4 rings (SSSR count). The number of ether oxygens (including phenoxy) is 1. The molecule has 6 nitrogen and oxygen atoms in total. The molecule has 152 valence electrons. The highest BCUT2D eigenvalue weighted by molar-refractivity contribution is 9.10. The first-order valence-corrected chi connectivity index (χ1v) is 10.6. The molecule has 1 amide bonds. The van der Waals surface area contributed by atoms with Crippen LogP contribution in [0.5, 0.6) is 5.75 Å². The van der Waals surface area contributed by atoms with Gasteiger partial charge < -0.3 is 19.9 Å². The second kappa shape index (κ2) is 8.45. The van der Waals surface area contributed by atoms with E-state index in [-0.39, 0.29) is 11.8 Å². The van der Waals surface area contributed by atoms with Crippen LogP contribution in [0.15, 0.2) is 40.9 Å². The molecule has 1 unspecified atom stereocenters. The lowest BCUT2D eigenvalue weighted by Gasteiger charge is -2.31. The standard InChI is InChI=1S/C22H25BrN4O2/c1-14-5-7-18-19(10-14)26-22(25-18)27-9-3-4-15(13-27)21(28)24-12-16-11-17(23)6-8-20(16)29-2/h5-8,10-11,15H,3-4,9,12-13H2,1-2H3,(H,24,28)(H,25,26). The van der Waals surface area contributed by atoms with Gasteiger partial charge >= 0.3 is 0 Å². The normalized spacial score (nSPS) is 16.8. The highest BCUT2D eigenvalue weighted by atomic mass is 79.9. The van der Waals surface area contributed by atoms with Crippen molar-refractivity contribution in [3.63, 3.8) is 0 Å².